The Kier molecular flexibility index (Phi) is 4.68. The summed E-state index contributed by atoms with van der Waals surface area (Å²) < 4.78 is 10.9. The largest absolute Gasteiger partial charge is 0.491 e. The fourth-order valence-corrected chi connectivity index (χ4v) is 2.25. The summed E-state index contributed by atoms with van der Waals surface area (Å²) in [4.78, 5) is 7.62. The Labute approximate surface area is 129 Å². The van der Waals surface area contributed by atoms with E-state index >= 15 is 0 Å². The first-order chi connectivity index (χ1) is 10.9. The molecule has 0 spiro atoms. The number of aromatic amines is 1. The van der Waals surface area contributed by atoms with Crippen LogP contribution >= 0.6 is 0 Å². The molecule has 0 saturated carbocycles. The maximum absolute atomic E-state index is 5.61. The molecule has 0 aliphatic rings. The van der Waals surface area contributed by atoms with Crippen molar-refractivity contribution in [2.75, 3.05) is 26.4 Å². The molecular weight excluding hydrogens is 278 g/mol. The summed E-state index contributed by atoms with van der Waals surface area (Å²) in [5.74, 6) is 0.828. The number of nitrogens with two attached hydrogens (primary N) is 1. The second-order valence-corrected chi connectivity index (χ2v) is 4.90. The number of hydrogen-bond donors (Lipinski definition) is 2. The molecule has 2 heterocycles. The first-order valence-electron chi connectivity index (χ1n) is 7.31. The van der Waals surface area contributed by atoms with Crippen molar-refractivity contribution in [2.45, 2.75) is 0 Å². The van der Waals surface area contributed by atoms with Crippen molar-refractivity contribution in [1.82, 2.24) is 9.97 Å². The monoisotopic (exact) mass is 297 g/mol. The van der Waals surface area contributed by atoms with Gasteiger partial charge in [-0.05, 0) is 48.0 Å². The van der Waals surface area contributed by atoms with E-state index in [0.717, 1.165) is 28.0 Å². The molecule has 0 aliphatic carbocycles. The molecular formula is C17H19N3O2. The number of benzene rings is 1. The predicted molar refractivity (Wildman–Crippen MR) is 86.9 cm³/mol. The molecule has 3 rings (SSSR count). The van der Waals surface area contributed by atoms with E-state index in [1.165, 1.54) is 0 Å². The van der Waals surface area contributed by atoms with E-state index in [2.05, 4.69) is 16.0 Å². The first kappa shape index (κ1) is 14.6. The van der Waals surface area contributed by atoms with Gasteiger partial charge in [-0.15, -0.1) is 0 Å². The van der Waals surface area contributed by atoms with Gasteiger partial charge in [0.1, 0.15) is 18.0 Å². The molecule has 0 atom stereocenters. The van der Waals surface area contributed by atoms with E-state index < -0.39 is 0 Å². The van der Waals surface area contributed by atoms with E-state index in [0.29, 0.717) is 26.4 Å². The van der Waals surface area contributed by atoms with Crippen molar-refractivity contribution >= 4 is 11.0 Å². The summed E-state index contributed by atoms with van der Waals surface area (Å²) in [5.41, 5.74) is 8.40. The summed E-state index contributed by atoms with van der Waals surface area (Å²) >= 11 is 0. The predicted octanol–water partition coefficient (Wildman–Crippen LogP) is 2.58. The van der Waals surface area contributed by atoms with E-state index in [9.17, 15) is 0 Å². The Morgan fingerprint density at radius 1 is 1.05 bits per heavy atom. The minimum absolute atomic E-state index is 0.523. The number of fused-ring (bicyclic) bond motifs is 1. The molecule has 3 aromatic rings. The topological polar surface area (TPSA) is 73.2 Å². The van der Waals surface area contributed by atoms with Crippen LogP contribution in [0.3, 0.4) is 0 Å². The molecule has 0 radical (unpaired) electrons. The zero-order valence-corrected chi connectivity index (χ0v) is 12.3. The van der Waals surface area contributed by atoms with Crippen molar-refractivity contribution < 1.29 is 9.47 Å². The highest BCUT2D eigenvalue weighted by molar-refractivity contribution is 5.82. The summed E-state index contributed by atoms with van der Waals surface area (Å²) in [7, 11) is 0. The fraction of sp³-hybridized carbons (Fsp3) is 0.235. The van der Waals surface area contributed by atoms with Crippen molar-refractivity contribution in [3.63, 3.8) is 0 Å². The van der Waals surface area contributed by atoms with Crippen LogP contribution in [-0.2, 0) is 4.74 Å². The lowest BCUT2D eigenvalue weighted by molar-refractivity contribution is 0.106. The second kappa shape index (κ2) is 7.06. The molecule has 2 aromatic heterocycles. The van der Waals surface area contributed by atoms with E-state index in [1.54, 1.807) is 6.20 Å². The standard InChI is InChI=1S/C17H19N3O2/c18-7-9-21-10-11-22-15-5-3-13(4-6-15)16-12-14-2-1-8-19-17(14)20-16/h1-6,8,12H,7,9-11,18H2,(H,19,20). The third kappa shape index (κ3) is 3.44. The zero-order chi connectivity index (χ0) is 15.2. The SMILES string of the molecule is NCCOCCOc1ccc(-c2cc3cccnc3[nH]2)cc1. The lowest BCUT2D eigenvalue weighted by Gasteiger charge is -2.07. The van der Waals surface area contributed by atoms with Gasteiger partial charge >= 0.3 is 0 Å². The van der Waals surface area contributed by atoms with Crippen LogP contribution in [0.25, 0.3) is 22.3 Å². The average Bonchev–Trinajstić information content (AvgIpc) is 2.99. The minimum atomic E-state index is 0.523. The highest BCUT2D eigenvalue weighted by atomic mass is 16.5. The van der Waals surface area contributed by atoms with Crippen LogP contribution in [0.15, 0.2) is 48.7 Å². The summed E-state index contributed by atoms with van der Waals surface area (Å²) in [6.45, 7) is 2.17. The van der Waals surface area contributed by atoms with Gasteiger partial charge in [-0.2, -0.15) is 0 Å². The summed E-state index contributed by atoms with van der Waals surface area (Å²) in [6, 6.07) is 14.0. The molecule has 0 amide bonds. The third-order valence-electron chi connectivity index (χ3n) is 3.32. The molecule has 0 fully saturated rings. The zero-order valence-electron chi connectivity index (χ0n) is 12.3. The third-order valence-corrected chi connectivity index (χ3v) is 3.32. The molecule has 0 bridgehead atoms. The number of H-pyrrole nitrogens is 1. The Morgan fingerprint density at radius 2 is 1.91 bits per heavy atom. The van der Waals surface area contributed by atoms with Gasteiger partial charge in [0.05, 0.1) is 13.2 Å². The lowest BCUT2D eigenvalue weighted by atomic mass is 10.1. The molecule has 1 aromatic carbocycles. The van der Waals surface area contributed by atoms with Crippen molar-refractivity contribution in [1.29, 1.82) is 0 Å². The summed E-state index contributed by atoms with van der Waals surface area (Å²) in [5, 5.41) is 1.11. The van der Waals surface area contributed by atoms with Crippen molar-refractivity contribution in [3.05, 3.63) is 48.7 Å². The molecule has 5 nitrogen and oxygen atoms in total. The van der Waals surface area contributed by atoms with E-state index in [4.69, 9.17) is 15.2 Å². The highest BCUT2D eigenvalue weighted by Crippen LogP contribution is 2.24. The van der Waals surface area contributed by atoms with Gasteiger partial charge in [0.15, 0.2) is 0 Å². The van der Waals surface area contributed by atoms with Crippen LogP contribution in [0.5, 0.6) is 5.75 Å². The smallest absolute Gasteiger partial charge is 0.137 e. The Hall–Kier alpha value is -2.37. The quantitative estimate of drug-likeness (QED) is 0.657. The molecule has 22 heavy (non-hydrogen) atoms. The van der Waals surface area contributed by atoms with Crippen molar-refractivity contribution in [2.24, 2.45) is 5.73 Å². The van der Waals surface area contributed by atoms with Crippen LogP contribution in [-0.4, -0.2) is 36.3 Å². The number of nitrogens with zero attached hydrogens (tertiary/aromatic N) is 1. The second-order valence-electron chi connectivity index (χ2n) is 4.90. The molecule has 0 unspecified atom stereocenters. The number of pyridine rings is 1. The van der Waals surface area contributed by atoms with Gasteiger partial charge in [-0.25, -0.2) is 4.98 Å². The van der Waals surface area contributed by atoms with E-state index in [-0.39, 0.29) is 0 Å². The van der Waals surface area contributed by atoms with Crippen molar-refractivity contribution in [3.8, 4) is 17.0 Å². The Balaban J connectivity index is 1.63. The maximum Gasteiger partial charge on any atom is 0.137 e. The number of rotatable bonds is 7. The normalized spacial score (nSPS) is 11.0. The van der Waals surface area contributed by atoms with Crippen LogP contribution in [0.4, 0.5) is 0 Å². The first-order valence-corrected chi connectivity index (χ1v) is 7.31. The van der Waals surface area contributed by atoms with Gasteiger partial charge in [0.2, 0.25) is 0 Å². The van der Waals surface area contributed by atoms with Crippen LogP contribution in [0, 0.1) is 0 Å². The molecule has 5 heteroatoms. The van der Waals surface area contributed by atoms with Gasteiger partial charge in [-0.1, -0.05) is 0 Å². The Bertz CT molecular complexity index is 689. The van der Waals surface area contributed by atoms with E-state index in [1.807, 2.05) is 36.4 Å². The molecule has 0 aliphatic heterocycles. The van der Waals surface area contributed by atoms with Crippen LogP contribution < -0.4 is 10.5 Å². The fourth-order valence-electron chi connectivity index (χ4n) is 2.25. The molecule has 0 saturated heterocycles. The van der Waals surface area contributed by atoms with Crippen LogP contribution in [0.2, 0.25) is 0 Å². The summed E-state index contributed by atoms with van der Waals surface area (Å²) in [6.07, 6.45) is 1.78. The average molecular weight is 297 g/mol. The number of hydrogen-bond acceptors (Lipinski definition) is 4. The molecule has 3 N–H and O–H groups in total. The van der Waals surface area contributed by atoms with Gasteiger partial charge in [0.25, 0.3) is 0 Å². The lowest BCUT2D eigenvalue weighted by Crippen LogP contribution is -2.13. The van der Waals surface area contributed by atoms with Gasteiger partial charge < -0.3 is 20.2 Å². The van der Waals surface area contributed by atoms with Gasteiger partial charge in [0, 0.05) is 23.8 Å². The minimum Gasteiger partial charge on any atom is -0.491 e. The number of aromatic nitrogens is 2. The molecule has 114 valence electrons. The maximum atomic E-state index is 5.61. The number of nitrogens with one attached hydrogen (secondary N) is 1. The Morgan fingerprint density at radius 3 is 2.68 bits per heavy atom. The highest BCUT2D eigenvalue weighted by Gasteiger charge is 2.04. The van der Waals surface area contributed by atoms with Crippen LogP contribution in [0.1, 0.15) is 0 Å². The van der Waals surface area contributed by atoms with Gasteiger partial charge in [-0.3, -0.25) is 0 Å². The number of ether oxygens (including phenoxy) is 2.